The smallest absolute Gasteiger partial charge is 0.313 e. The molecule has 0 atom stereocenters. The van der Waals surface area contributed by atoms with Crippen molar-refractivity contribution in [3.05, 3.63) is 48.3 Å². The van der Waals surface area contributed by atoms with Crippen molar-refractivity contribution in [2.45, 2.75) is 19.9 Å². The Hall–Kier alpha value is -2.70. The van der Waals surface area contributed by atoms with Gasteiger partial charge >= 0.3 is 11.8 Å². The van der Waals surface area contributed by atoms with Gasteiger partial charge in [0.05, 0.1) is 6.33 Å². The second kappa shape index (κ2) is 7.35. The molecule has 0 bridgehead atoms. The van der Waals surface area contributed by atoms with Crippen molar-refractivity contribution in [2.75, 3.05) is 11.9 Å². The molecule has 1 aromatic carbocycles. The number of carbonyl (C=O) groups is 2. The number of hydrogen-bond acceptors (Lipinski definition) is 3. The maximum atomic E-state index is 13.4. The summed E-state index contributed by atoms with van der Waals surface area (Å²) in [4.78, 5) is 27.2. The van der Waals surface area contributed by atoms with E-state index >= 15 is 0 Å². The Labute approximate surface area is 127 Å². The van der Waals surface area contributed by atoms with Crippen LogP contribution in [0.15, 0.2) is 36.9 Å². The molecule has 0 spiro atoms. The predicted octanol–water partition coefficient (Wildman–Crippen LogP) is 1.48. The molecule has 2 aromatic rings. The second-order valence-electron chi connectivity index (χ2n) is 4.83. The molecule has 0 unspecified atom stereocenters. The SMILES string of the molecule is Cc1ccc(NC(=O)C(=O)NCCCn2ccnc2)cc1F. The molecule has 2 rings (SSSR count). The van der Waals surface area contributed by atoms with Crippen LogP contribution < -0.4 is 10.6 Å². The molecule has 2 amide bonds. The van der Waals surface area contributed by atoms with Crippen LogP contribution in [0.1, 0.15) is 12.0 Å². The number of imidazole rings is 1. The minimum atomic E-state index is -0.814. The zero-order chi connectivity index (χ0) is 15.9. The van der Waals surface area contributed by atoms with E-state index in [1.165, 1.54) is 12.1 Å². The number of nitrogens with zero attached hydrogens (tertiary/aromatic N) is 2. The lowest BCUT2D eigenvalue weighted by atomic mass is 10.2. The topological polar surface area (TPSA) is 76.0 Å². The Balaban J connectivity index is 1.74. The summed E-state index contributed by atoms with van der Waals surface area (Å²) in [6.07, 6.45) is 5.85. The summed E-state index contributed by atoms with van der Waals surface area (Å²) in [7, 11) is 0. The fourth-order valence-corrected chi connectivity index (χ4v) is 1.82. The molecule has 0 aliphatic rings. The third-order valence-corrected chi connectivity index (χ3v) is 3.07. The highest BCUT2D eigenvalue weighted by atomic mass is 19.1. The minimum Gasteiger partial charge on any atom is -0.348 e. The van der Waals surface area contributed by atoms with E-state index in [1.54, 1.807) is 25.5 Å². The van der Waals surface area contributed by atoms with E-state index < -0.39 is 17.6 Å². The number of hydrogen-bond donors (Lipinski definition) is 2. The molecule has 0 aliphatic heterocycles. The molecule has 0 saturated carbocycles. The third-order valence-electron chi connectivity index (χ3n) is 3.07. The van der Waals surface area contributed by atoms with Crippen LogP contribution in [0.5, 0.6) is 0 Å². The lowest BCUT2D eigenvalue weighted by Crippen LogP contribution is -2.36. The van der Waals surface area contributed by atoms with Gasteiger partial charge < -0.3 is 15.2 Å². The lowest BCUT2D eigenvalue weighted by Gasteiger charge is -2.07. The first kappa shape index (κ1) is 15.7. The fraction of sp³-hybridized carbons (Fsp3) is 0.267. The number of rotatable bonds is 5. The summed E-state index contributed by atoms with van der Waals surface area (Å²) in [5.74, 6) is -1.99. The number of carbonyl (C=O) groups excluding carboxylic acids is 2. The highest BCUT2D eigenvalue weighted by molar-refractivity contribution is 6.39. The van der Waals surface area contributed by atoms with E-state index in [0.29, 0.717) is 25.1 Å². The molecule has 6 nitrogen and oxygen atoms in total. The van der Waals surface area contributed by atoms with Gasteiger partial charge in [0.15, 0.2) is 0 Å². The molecular weight excluding hydrogens is 287 g/mol. The van der Waals surface area contributed by atoms with E-state index in [2.05, 4.69) is 15.6 Å². The van der Waals surface area contributed by atoms with Gasteiger partial charge in [0.2, 0.25) is 0 Å². The van der Waals surface area contributed by atoms with Gasteiger partial charge in [-0.05, 0) is 31.0 Å². The molecule has 0 fully saturated rings. The van der Waals surface area contributed by atoms with Crippen LogP contribution in [0.3, 0.4) is 0 Å². The van der Waals surface area contributed by atoms with Crippen molar-refractivity contribution >= 4 is 17.5 Å². The monoisotopic (exact) mass is 304 g/mol. The summed E-state index contributed by atoms with van der Waals surface area (Å²) in [6.45, 7) is 2.69. The van der Waals surface area contributed by atoms with Crippen LogP contribution in [0.25, 0.3) is 0 Å². The molecule has 0 saturated heterocycles. The Kier molecular flexibility index (Phi) is 5.24. The van der Waals surface area contributed by atoms with Crippen molar-refractivity contribution in [1.29, 1.82) is 0 Å². The number of aryl methyl sites for hydroxylation is 2. The molecule has 22 heavy (non-hydrogen) atoms. The number of benzene rings is 1. The number of anilines is 1. The maximum Gasteiger partial charge on any atom is 0.313 e. The van der Waals surface area contributed by atoms with Crippen molar-refractivity contribution in [3.63, 3.8) is 0 Å². The summed E-state index contributed by atoms with van der Waals surface area (Å²) in [6, 6.07) is 4.26. The van der Waals surface area contributed by atoms with Crippen LogP contribution in [-0.4, -0.2) is 27.9 Å². The zero-order valence-electron chi connectivity index (χ0n) is 12.2. The van der Waals surface area contributed by atoms with Gasteiger partial charge in [0, 0.05) is 31.2 Å². The molecule has 116 valence electrons. The average Bonchev–Trinajstić information content (AvgIpc) is 3.00. The summed E-state index contributed by atoms with van der Waals surface area (Å²) in [5.41, 5.74) is 0.726. The number of nitrogens with one attached hydrogen (secondary N) is 2. The van der Waals surface area contributed by atoms with Crippen LogP contribution in [-0.2, 0) is 16.1 Å². The van der Waals surface area contributed by atoms with E-state index in [-0.39, 0.29) is 5.69 Å². The summed E-state index contributed by atoms with van der Waals surface area (Å²) >= 11 is 0. The Morgan fingerprint density at radius 2 is 2.14 bits per heavy atom. The number of halogens is 1. The highest BCUT2D eigenvalue weighted by Gasteiger charge is 2.13. The van der Waals surface area contributed by atoms with Gasteiger partial charge in [-0.1, -0.05) is 6.07 Å². The van der Waals surface area contributed by atoms with E-state index in [1.807, 2.05) is 10.8 Å². The molecule has 2 N–H and O–H groups in total. The molecule has 0 radical (unpaired) electrons. The minimum absolute atomic E-state index is 0.252. The summed E-state index contributed by atoms with van der Waals surface area (Å²) < 4.78 is 15.2. The first-order chi connectivity index (χ1) is 10.6. The Morgan fingerprint density at radius 3 is 2.82 bits per heavy atom. The first-order valence-electron chi connectivity index (χ1n) is 6.87. The molecule has 1 aromatic heterocycles. The van der Waals surface area contributed by atoms with Crippen LogP contribution in [0.4, 0.5) is 10.1 Å². The van der Waals surface area contributed by atoms with Crippen molar-refractivity contribution in [2.24, 2.45) is 0 Å². The zero-order valence-corrected chi connectivity index (χ0v) is 12.2. The first-order valence-corrected chi connectivity index (χ1v) is 6.87. The fourth-order valence-electron chi connectivity index (χ4n) is 1.82. The van der Waals surface area contributed by atoms with Crippen LogP contribution in [0.2, 0.25) is 0 Å². The summed E-state index contributed by atoms with van der Waals surface area (Å²) in [5, 5.41) is 4.87. The quantitative estimate of drug-likeness (QED) is 0.649. The standard InChI is InChI=1S/C15H17FN4O2/c1-11-3-4-12(9-13(11)16)19-15(22)14(21)18-5-2-7-20-8-6-17-10-20/h3-4,6,8-10H,2,5,7H2,1H3,(H,18,21)(H,19,22). The van der Waals surface area contributed by atoms with E-state index in [9.17, 15) is 14.0 Å². The number of amides is 2. The normalized spacial score (nSPS) is 10.3. The second-order valence-corrected chi connectivity index (χ2v) is 4.83. The Bertz CT molecular complexity index is 656. The van der Waals surface area contributed by atoms with Crippen LogP contribution in [0, 0.1) is 12.7 Å². The van der Waals surface area contributed by atoms with Gasteiger partial charge in [0.1, 0.15) is 5.82 Å². The molecule has 7 heteroatoms. The van der Waals surface area contributed by atoms with Gasteiger partial charge in [-0.2, -0.15) is 0 Å². The highest BCUT2D eigenvalue weighted by Crippen LogP contribution is 2.13. The van der Waals surface area contributed by atoms with E-state index in [0.717, 1.165) is 0 Å². The third kappa shape index (κ3) is 4.41. The maximum absolute atomic E-state index is 13.4. The van der Waals surface area contributed by atoms with Crippen molar-refractivity contribution in [1.82, 2.24) is 14.9 Å². The number of aromatic nitrogens is 2. The van der Waals surface area contributed by atoms with Gasteiger partial charge in [0.25, 0.3) is 0 Å². The largest absolute Gasteiger partial charge is 0.348 e. The van der Waals surface area contributed by atoms with Gasteiger partial charge in [-0.25, -0.2) is 9.37 Å². The molecular formula is C15H17FN4O2. The van der Waals surface area contributed by atoms with Crippen molar-refractivity contribution in [3.8, 4) is 0 Å². The lowest BCUT2D eigenvalue weighted by molar-refractivity contribution is -0.136. The van der Waals surface area contributed by atoms with E-state index in [4.69, 9.17) is 0 Å². The Morgan fingerprint density at radius 1 is 1.32 bits per heavy atom. The van der Waals surface area contributed by atoms with Crippen LogP contribution >= 0.6 is 0 Å². The van der Waals surface area contributed by atoms with Gasteiger partial charge in [-0.15, -0.1) is 0 Å². The van der Waals surface area contributed by atoms with Gasteiger partial charge in [-0.3, -0.25) is 9.59 Å². The molecule has 1 heterocycles. The van der Waals surface area contributed by atoms with Crippen molar-refractivity contribution < 1.29 is 14.0 Å². The molecule has 0 aliphatic carbocycles. The predicted molar refractivity (Wildman–Crippen MR) is 79.6 cm³/mol. The average molecular weight is 304 g/mol.